The zero-order chi connectivity index (χ0) is 22.4. The molecule has 0 heterocycles. The molecule has 1 amide bonds. The molecule has 0 spiro atoms. The summed E-state index contributed by atoms with van der Waals surface area (Å²) >= 11 is 7.50. The minimum Gasteiger partial charge on any atom is -0.351 e. The highest BCUT2D eigenvalue weighted by Gasteiger charge is 2.16. The molecular formula is C23H23ClN2O3S2. The lowest BCUT2D eigenvalue weighted by atomic mass is 10.1. The Morgan fingerprint density at radius 2 is 1.65 bits per heavy atom. The van der Waals surface area contributed by atoms with Gasteiger partial charge in [-0.2, -0.15) is 0 Å². The van der Waals surface area contributed by atoms with Crippen LogP contribution in [0.5, 0.6) is 0 Å². The van der Waals surface area contributed by atoms with Crippen molar-refractivity contribution in [2.45, 2.75) is 23.6 Å². The van der Waals surface area contributed by atoms with Crippen molar-refractivity contribution in [1.29, 1.82) is 0 Å². The normalized spacial score (nSPS) is 11.2. The molecular weight excluding hydrogens is 452 g/mol. The van der Waals surface area contributed by atoms with Crippen molar-refractivity contribution in [1.82, 2.24) is 5.32 Å². The first kappa shape index (κ1) is 23.2. The lowest BCUT2D eigenvalue weighted by molar-refractivity contribution is 0.0956. The van der Waals surface area contributed by atoms with Crippen molar-refractivity contribution in [2.75, 3.05) is 17.0 Å². The summed E-state index contributed by atoms with van der Waals surface area (Å²) in [5.74, 6) is 0.522. The van der Waals surface area contributed by atoms with Crippen molar-refractivity contribution in [3.8, 4) is 0 Å². The molecule has 2 N–H and O–H groups in total. The van der Waals surface area contributed by atoms with Gasteiger partial charge in [0, 0.05) is 27.8 Å². The Kier molecular flexibility index (Phi) is 7.64. The van der Waals surface area contributed by atoms with Crippen LogP contribution in [-0.2, 0) is 10.0 Å². The number of rotatable bonds is 8. The molecule has 3 rings (SSSR count). The van der Waals surface area contributed by atoms with E-state index in [-0.39, 0.29) is 10.8 Å². The molecule has 0 atom stereocenters. The van der Waals surface area contributed by atoms with Gasteiger partial charge in [0.1, 0.15) is 0 Å². The summed E-state index contributed by atoms with van der Waals surface area (Å²) < 4.78 is 27.8. The van der Waals surface area contributed by atoms with Crippen LogP contribution in [0.3, 0.4) is 0 Å². The van der Waals surface area contributed by atoms with Gasteiger partial charge in [0.25, 0.3) is 15.9 Å². The minimum absolute atomic E-state index is 0.192. The van der Waals surface area contributed by atoms with Crippen LogP contribution in [-0.4, -0.2) is 26.6 Å². The number of hydrogen-bond acceptors (Lipinski definition) is 4. The van der Waals surface area contributed by atoms with Crippen molar-refractivity contribution in [2.24, 2.45) is 0 Å². The fourth-order valence-corrected chi connectivity index (χ4v) is 4.83. The molecule has 0 unspecified atom stereocenters. The Balaban J connectivity index is 1.57. The molecule has 0 radical (unpaired) electrons. The van der Waals surface area contributed by atoms with Crippen LogP contribution in [0, 0.1) is 13.8 Å². The molecule has 162 valence electrons. The van der Waals surface area contributed by atoms with Crippen molar-refractivity contribution >= 4 is 45.0 Å². The van der Waals surface area contributed by atoms with Crippen LogP contribution in [0.2, 0.25) is 5.02 Å². The number of sulfonamides is 1. The van der Waals surface area contributed by atoms with Crippen LogP contribution < -0.4 is 10.0 Å². The topological polar surface area (TPSA) is 75.3 Å². The van der Waals surface area contributed by atoms with Gasteiger partial charge in [-0.3, -0.25) is 9.52 Å². The number of benzene rings is 3. The third kappa shape index (κ3) is 6.50. The van der Waals surface area contributed by atoms with Gasteiger partial charge < -0.3 is 5.32 Å². The molecule has 0 saturated heterocycles. The second-order valence-electron chi connectivity index (χ2n) is 7.01. The molecule has 5 nitrogen and oxygen atoms in total. The summed E-state index contributed by atoms with van der Waals surface area (Å²) in [6, 6.07) is 19.1. The average molecular weight is 475 g/mol. The average Bonchev–Trinajstić information content (AvgIpc) is 2.74. The third-order valence-corrected chi connectivity index (χ3v) is 7.18. The van der Waals surface area contributed by atoms with Crippen LogP contribution in [0.15, 0.2) is 76.5 Å². The zero-order valence-corrected chi connectivity index (χ0v) is 19.6. The lowest BCUT2D eigenvalue weighted by Crippen LogP contribution is -2.25. The molecule has 8 heteroatoms. The Morgan fingerprint density at radius 1 is 0.968 bits per heavy atom. The van der Waals surface area contributed by atoms with Crippen LogP contribution >= 0.6 is 23.4 Å². The van der Waals surface area contributed by atoms with E-state index in [1.54, 1.807) is 61.2 Å². The number of nitrogens with one attached hydrogen (secondary N) is 2. The highest BCUT2D eigenvalue weighted by molar-refractivity contribution is 7.99. The number of hydrogen-bond donors (Lipinski definition) is 2. The summed E-state index contributed by atoms with van der Waals surface area (Å²) in [5, 5.41) is 3.57. The SMILES string of the molecule is Cc1ccc(S(=O)(=O)Nc2ccc(C(=O)NCCSc3ccc(Cl)cc3)cc2C)cc1. The smallest absolute Gasteiger partial charge is 0.261 e. The number of carbonyl (C=O) groups excluding carboxylic acids is 1. The minimum atomic E-state index is -3.69. The molecule has 0 aliphatic heterocycles. The first-order valence-corrected chi connectivity index (χ1v) is 12.5. The highest BCUT2D eigenvalue weighted by Crippen LogP contribution is 2.22. The van der Waals surface area contributed by atoms with Crippen LogP contribution in [0.4, 0.5) is 5.69 Å². The number of thioether (sulfide) groups is 1. The quantitative estimate of drug-likeness (QED) is 0.344. The second kappa shape index (κ2) is 10.2. The van der Waals surface area contributed by atoms with E-state index in [0.29, 0.717) is 28.4 Å². The first-order valence-electron chi connectivity index (χ1n) is 9.61. The van der Waals surface area contributed by atoms with E-state index in [4.69, 9.17) is 11.6 Å². The summed E-state index contributed by atoms with van der Waals surface area (Å²) in [4.78, 5) is 13.7. The van der Waals surface area contributed by atoms with Crippen molar-refractivity contribution < 1.29 is 13.2 Å². The zero-order valence-electron chi connectivity index (χ0n) is 17.2. The van der Waals surface area contributed by atoms with Gasteiger partial charge in [-0.1, -0.05) is 29.3 Å². The summed E-state index contributed by atoms with van der Waals surface area (Å²) in [6.45, 7) is 4.17. The van der Waals surface area contributed by atoms with Crippen LogP contribution in [0.25, 0.3) is 0 Å². The molecule has 0 saturated carbocycles. The predicted molar refractivity (Wildman–Crippen MR) is 128 cm³/mol. The lowest BCUT2D eigenvalue weighted by Gasteiger charge is -2.12. The van der Waals surface area contributed by atoms with Gasteiger partial charge in [0.2, 0.25) is 0 Å². The third-order valence-electron chi connectivity index (χ3n) is 4.53. The van der Waals surface area contributed by atoms with E-state index >= 15 is 0 Å². The maximum atomic E-state index is 12.6. The molecule has 0 fully saturated rings. The van der Waals surface area contributed by atoms with Gasteiger partial charge in [-0.25, -0.2) is 8.42 Å². The van der Waals surface area contributed by atoms with Gasteiger partial charge in [0.15, 0.2) is 0 Å². The second-order valence-corrected chi connectivity index (χ2v) is 10.3. The van der Waals surface area contributed by atoms with Crippen molar-refractivity contribution in [3.05, 3.63) is 88.4 Å². The predicted octanol–water partition coefficient (Wildman–Crippen LogP) is 5.28. The molecule has 0 aliphatic rings. The molecule has 0 aliphatic carbocycles. The Bertz CT molecular complexity index is 1160. The molecule has 0 aromatic heterocycles. The van der Waals surface area contributed by atoms with E-state index in [2.05, 4.69) is 10.0 Å². The van der Waals surface area contributed by atoms with Gasteiger partial charge in [-0.15, -0.1) is 11.8 Å². The van der Waals surface area contributed by atoms with E-state index < -0.39 is 10.0 Å². The van der Waals surface area contributed by atoms with Gasteiger partial charge in [-0.05, 0) is 74.0 Å². The van der Waals surface area contributed by atoms with E-state index in [0.717, 1.165) is 16.2 Å². The number of amides is 1. The highest BCUT2D eigenvalue weighted by atomic mass is 35.5. The number of anilines is 1. The molecule has 31 heavy (non-hydrogen) atoms. The number of halogens is 1. The Hall–Kier alpha value is -2.48. The van der Waals surface area contributed by atoms with Gasteiger partial charge >= 0.3 is 0 Å². The fourth-order valence-electron chi connectivity index (χ4n) is 2.81. The van der Waals surface area contributed by atoms with Crippen molar-refractivity contribution in [3.63, 3.8) is 0 Å². The standard InChI is InChI=1S/C23H23ClN2O3S2/c1-16-3-10-21(11-4-16)31(28,29)26-22-12-5-18(15-17(22)2)23(27)25-13-14-30-20-8-6-19(24)7-9-20/h3-12,15,26H,13-14H2,1-2H3,(H,25,27). The number of carbonyl (C=O) groups is 1. The van der Waals surface area contributed by atoms with Gasteiger partial charge in [0.05, 0.1) is 10.6 Å². The fraction of sp³-hybridized carbons (Fsp3) is 0.174. The Labute approximate surface area is 192 Å². The maximum absolute atomic E-state index is 12.6. The first-order chi connectivity index (χ1) is 14.7. The van der Waals surface area contributed by atoms with Crippen LogP contribution in [0.1, 0.15) is 21.5 Å². The maximum Gasteiger partial charge on any atom is 0.261 e. The monoisotopic (exact) mass is 474 g/mol. The van der Waals surface area contributed by atoms with E-state index in [1.165, 1.54) is 0 Å². The summed E-state index contributed by atoms with van der Waals surface area (Å²) in [6.07, 6.45) is 0. The number of aryl methyl sites for hydroxylation is 2. The molecule has 0 bridgehead atoms. The van der Waals surface area contributed by atoms with E-state index in [9.17, 15) is 13.2 Å². The molecule has 3 aromatic carbocycles. The van der Waals surface area contributed by atoms with E-state index in [1.807, 2.05) is 31.2 Å². The summed E-state index contributed by atoms with van der Waals surface area (Å²) in [7, 11) is -3.69. The summed E-state index contributed by atoms with van der Waals surface area (Å²) in [5.41, 5.74) is 2.57. The molecule has 3 aromatic rings. The Morgan fingerprint density at radius 3 is 2.29 bits per heavy atom. The largest absolute Gasteiger partial charge is 0.351 e.